The van der Waals surface area contributed by atoms with Crippen molar-refractivity contribution < 1.29 is 14.7 Å². The predicted molar refractivity (Wildman–Crippen MR) is 67.4 cm³/mol. The van der Waals surface area contributed by atoms with Crippen LogP contribution in [0.15, 0.2) is 12.1 Å². The van der Waals surface area contributed by atoms with E-state index < -0.39 is 17.4 Å². The lowest BCUT2D eigenvalue weighted by Gasteiger charge is -2.26. The van der Waals surface area contributed by atoms with Crippen LogP contribution >= 0.6 is 0 Å². The lowest BCUT2D eigenvalue weighted by molar-refractivity contribution is -0.137. The number of aromatic nitrogens is 1. The Hall–Kier alpha value is -2.11. The summed E-state index contributed by atoms with van der Waals surface area (Å²) in [7, 11) is 0. The molecule has 0 radical (unpaired) electrons. The fourth-order valence-electron chi connectivity index (χ4n) is 1.59. The van der Waals surface area contributed by atoms with Gasteiger partial charge in [-0.3, -0.25) is 9.59 Å². The Balaban J connectivity index is 3.05. The van der Waals surface area contributed by atoms with Crippen molar-refractivity contribution in [1.29, 1.82) is 0 Å². The summed E-state index contributed by atoms with van der Waals surface area (Å²) in [5, 5.41) is 11.8. The maximum Gasteiger partial charge on any atom is 0.305 e. The number of carboxylic acid groups (broad SMARTS) is 1. The molecule has 0 aromatic carbocycles. The lowest BCUT2D eigenvalue weighted by atomic mass is 10.0. The molecule has 18 heavy (non-hydrogen) atoms. The van der Waals surface area contributed by atoms with Gasteiger partial charge in [0.25, 0.3) is 5.91 Å². The topological polar surface area (TPSA) is 105 Å². The van der Waals surface area contributed by atoms with Crippen LogP contribution in [-0.4, -0.2) is 27.5 Å². The van der Waals surface area contributed by atoms with Gasteiger partial charge in [0.1, 0.15) is 5.82 Å². The number of anilines is 1. The average Bonchev–Trinajstić information content (AvgIpc) is 2.13. The van der Waals surface area contributed by atoms with Crippen molar-refractivity contribution >= 4 is 17.7 Å². The molecule has 1 aromatic heterocycles. The molecule has 0 aliphatic rings. The SMILES string of the molecule is Cc1ccc(C(N)=O)c(NC(C)(C)CC(=O)O)n1. The van der Waals surface area contributed by atoms with E-state index in [4.69, 9.17) is 10.8 Å². The van der Waals surface area contributed by atoms with Crippen molar-refractivity contribution in [3.05, 3.63) is 23.4 Å². The molecular weight excluding hydrogens is 234 g/mol. The molecule has 1 rings (SSSR count). The lowest BCUT2D eigenvalue weighted by Crippen LogP contribution is -2.35. The Bertz CT molecular complexity index is 483. The summed E-state index contributed by atoms with van der Waals surface area (Å²) in [6.07, 6.45) is -0.0964. The molecule has 0 aliphatic heterocycles. The summed E-state index contributed by atoms with van der Waals surface area (Å²) in [5.74, 6) is -1.22. The molecule has 0 aliphatic carbocycles. The molecule has 1 amide bonds. The van der Waals surface area contributed by atoms with Crippen molar-refractivity contribution in [2.45, 2.75) is 32.7 Å². The Kier molecular flexibility index (Phi) is 3.90. The Morgan fingerprint density at radius 2 is 2.06 bits per heavy atom. The quantitative estimate of drug-likeness (QED) is 0.728. The van der Waals surface area contributed by atoms with Crippen LogP contribution in [0.25, 0.3) is 0 Å². The fraction of sp³-hybridized carbons (Fsp3) is 0.417. The first kappa shape index (κ1) is 14.0. The molecular formula is C12H17N3O3. The van der Waals surface area contributed by atoms with Crippen LogP contribution in [0.2, 0.25) is 0 Å². The van der Waals surface area contributed by atoms with E-state index in [1.54, 1.807) is 32.9 Å². The van der Waals surface area contributed by atoms with Gasteiger partial charge in [0.05, 0.1) is 12.0 Å². The largest absolute Gasteiger partial charge is 0.481 e. The number of primary amides is 1. The Morgan fingerprint density at radius 3 is 2.56 bits per heavy atom. The Morgan fingerprint density at radius 1 is 1.44 bits per heavy atom. The number of carboxylic acids is 1. The second-order valence-electron chi connectivity index (χ2n) is 4.79. The maximum absolute atomic E-state index is 11.3. The minimum atomic E-state index is -0.930. The smallest absolute Gasteiger partial charge is 0.305 e. The van der Waals surface area contributed by atoms with Gasteiger partial charge in [0.2, 0.25) is 0 Å². The number of amides is 1. The van der Waals surface area contributed by atoms with E-state index in [2.05, 4.69) is 10.3 Å². The van der Waals surface area contributed by atoms with Crippen LogP contribution < -0.4 is 11.1 Å². The highest BCUT2D eigenvalue weighted by molar-refractivity contribution is 5.97. The molecule has 0 unspecified atom stereocenters. The van der Waals surface area contributed by atoms with Crippen LogP contribution in [0.3, 0.4) is 0 Å². The number of hydrogen-bond donors (Lipinski definition) is 3. The van der Waals surface area contributed by atoms with Crippen molar-refractivity contribution in [3.8, 4) is 0 Å². The third-order valence-corrected chi connectivity index (χ3v) is 2.35. The number of nitrogens with two attached hydrogens (primary N) is 1. The minimum absolute atomic E-state index is 0.0964. The number of aryl methyl sites for hydroxylation is 1. The standard InChI is InChI=1S/C12H17N3O3/c1-7-4-5-8(10(13)18)11(14-7)15-12(2,3)6-9(16)17/h4-5H,6H2,1-3H3,(H2,13,18)(H,14,15)(H,16,17). The van der Waals surface area contributed by atoms with E-state index in [0.29, 0.717) is 11.5 Å². The van der Waals surface area contributed by atoms with Crippen LogP contribution in [0, 0.1) is 6.92 Å². The summed E-state index contributed by atoms with van der Waals surface area (Å²) < 4.78 is 0. The molecule has 0 atom stereocenters. The van der Waals surface area contributed by atoms with Gasteiger partial charge in [0.15, 0.2) is 0 Å². The molecule has 0 saturated heterocycles. The highest BCUT2D eigenvalue weighted by Gasteiger charge is 2.24. The third-order valence-electron chi connectivity index (χ3n) is 2.35. The van der Waals surface area contributed by atoms with Gasteiger partial charge in [-0.15, -0.1) is 0 Å². The summed E-state index contributed by atoms with van der Waals surface area (Å²) in [6, 6.07) is 3.25. The molecule has 1 heterocycles. The first-order valence-corrected chi connectivity index (χ1v) is 5.49. The highest BCUT2D eigenvalue weighted by Crippen LogP contribution is 2.20. The van der Waals surface area contributed by atoms with Crippen LogP contribution in [0.5, 0.6) is 0 Å². The zero-order valence-electron chi connectivity index (χ0n) is 10.7. The van der Waals surface area contributed by atoms with Gasteiger partial charge >= 0.3 is 5.97 Å². The van der Waals surface area contributed by atoms with Crippen molar-refractivity contribution in [3.63, 3.8) is 0 Å². The summed E-state index contributed by atoms with van der Waals surface area (Å²) in [4.78, 5) is 26.2. The van der Waals surface area contributed by atoms with E-state index in [9.17, 15) is 9.59 Å². The molecule has 0 fully saturated rings. The van der Waals surface area contributed by atoms with Gasteiger partial charge in [-0.2, -0.15) is 0 Å². The van der Waals surface area contributed by atoms with E-state index in [0.717, 1.165) is 0 Å². The van der Waals surface area contributed by atoms with Crippen LogP contribution in [0.4, 0.5) is 5.82 Å². The normalized spacial score (nSPS) is 11.1. The number of carbonyl (C=O) groups excluding carboxylic acids is 1. The monoisotopic (exact) mass is 251 g/mol. The zero-order valence-corrected chi connectivity index (χ0v) is 10.7. The number of rotatable bonds is 5. The third kappa shape index (κ3) is 3.73. The molecule has 4 N–H and O–H groups in total. The molecule has 0 bridgehead atoms. The molecule has 6 nitrogen and oxygen atoms in total. The number of pyridine rings is 1. The number of nitrogens with one attached hydrogen (secondary N) is 1. The van der Waals surface area contributed by atoms with Gasteiger partial charge < -0.3 is 16.2 Å². The minimum Gasteiger partial charge on any atom is -0.481 e. The van der Waals surface area contributed by atoms with Crippen LogP contribution in [0.1, 0.15) is 36.3 Å². The van der Waals surface area contributed by atoms with E-state index >= 15 is 0 Å². The number of nitrogens with zero attached hydrogens (tertiary/aromatic N) is 1. The first-order valence-electron chi connectivity index (χ1n) is 5.49. The fourth-order valence-corrected chi connectivity index (χ4v) is 1.59. The predicted octanol–water partition coefficient (Wildman–Crippen LogP) is 1.15. The molecule has 98 valence electrons. The Labute approximate surface area is 105 Å². The number of hydrogen-bond acceptors (Lipinski definition) is 4. The highest BCUT2D eigenvalue weighted by atomic mass is 16.4. The zero-order chi connectivity index (χ0) is 13.9. The first-order chi connectivity index (χ1) is 8.21. The van der Waals surface area contributed by atoms with Crippen LogP contribution in [-0.2, 0) is 4.79 Å². The average molecular weight is 251 g/mol. The number of carbonyl (C=O) groups is 2. The molecule has 6 heteroatoms. The van der Waals surface area contributed by atoms with E-state index in [1.165, 1.54) is 0 Å². The summed E-state index contributed by atoms with van der Waals surface area (Å²) in [6.45, 7) is 5.21. The van der Waals surface area contributed by atoms with Gasteiger partial charge in [-0.05, 0) is 32.9 Å². The second-order valence-corrected chi connectivity index (χ2v) is 4.79. The molecule has 0 saturated carbocycles. The maximum atomic E-state index is 11.3. The molecule has 0 spiro atoms. The second kappa shape index (κ2) is 5.03. The van der Waals surface area contributed by atoms with Gasteiger partial charge in [-0.25, -0.2) is 4.98 Å². The van der Waals surface area contributed by atoms with Crippen molar-refractivity contribution in [1.82, 2.24) is 4.98 Å². The van der Waals surface area contributed by atoms with Crippen molar-refractivity contribution in [2.24, 2.45) is 5.73 Å². The van der Waals surface area contributed by atoms with E-state index in [-0.39, 0.29) is 12.0 Å². The van der Waals surface area contributed by atoms with Gasteiger partial charge in [-0.1, -0.05) is 0 Å². The van der Waals surface area contributed by atoms with E-state index in [1.807, 2.05) is 0 Å². The number of aliphatic carboxylic acids is 1. The van der Waals surface area contributed by atoms with Crippen molar-refractivity contribution in [2.75, 3.05) is 5.32 Å². The summed E-state index contributed by atoms with van der Waals surface area (Å²) >= 11 is 0. The van der Waals surface area contributed by atoms with Gasteiger partial charge in [0, 0.05) is 11.2 Å². The summed E-state index contributed by atoms with van der Waals surface area (Å²) in [5.41, 5.74) is 5.49. The molecule has 1 aromatic rings.